The van der Waals surface area contributed by atoms with Gasteiger partial charge in [0.25, 0.3) is 0 Å². The molecule has 108 valence electrons. The van der Waals surface area contributed by atoms with Crippen molar-refractivity contribution in [3.8, 4) is 0 Å². The van der Waals surface area contributed by atoms with Crippen molar-refractivity contribution in [2.24, 2.45) is 0 Å². The fourth-order valence-corrected chi connectivity index (χ4v) is 3.84. The number of carbonyl (C=O) groups excluding carboxylic acids is 1. The monoisotopic (exact) mass is 290 g/mol. The van der Waals surface area contributed by atoms with Gasteiger partial charge in [-0.3, -0.25) is 0 Å². The maximum absolute atomic E-state index is 12.3. The summed E-state index contributed by atoms with van der Waals surface area (Å²) in [5.41, 5.74) is 0. The topological polar surface area (TPSA) is 95.0 Å². The van der Waals surface area contributed by atoms with Gasteiger partial charge < -0.3 is 14.9 Å². The molecule has 0 aliphatic carbocycles. The van der Waals surface area contributed by atoms with Crippen LogP contribution in [0.2, 0.25) is 0 Å². The Kier molecular flexibility index (Phi) is 3.98. The summed E-state index contributed by atoms with van der Waals surface area (Å²) in [6, 6.07) is -1.12. The van der Waals surface area contributed by atoms with Crippen molar-refractivity contribution in [3.05, 3.63) is 0 Å². The van der Waals surface area contributed by atoms with E-state index in [1.807, 2.05) is 0 Å². The molecule has 1 N–H and O–H groups in total. The van der Waals surface area contributed by atoms with E-state index in [1.165, 1.54) is 9.80 Å². The quantitative estimate of drug-likeness (QED) is 0.720. The number of nitrogens with zero attached hydrogens (tertiary/aromatic N) is 2. The number of hydrogen-bond acceptors (Lipinski definition) is 4. The molecule has 0 unspecified atom stereocenters. The van der Waals surface area contributed by atoms with Crippen LogP contribution in [0, 0.1) is 0 Å². The molecule has 0 aromatic rings. The van der Waals surface area contributed by atoms with E-state index in [0.29, 0.717) is 32.4 Å². The SMILES string of the molecule is O=C(O)[C@H]1CCCN1C(=O)N1CCCS(=O)(=O)CC1. The third-order valence-electron chi connectivity index (χ3n) is 3.61. The second kappa shape index (κ2) is 5.36. The van der Waals surface area contributed by atoms with Crippen molar-refractivity contribution >= 4 is 21.8 Å². The van der Waals surface area contributed by atoms with Crippen LogP contribution < -0.4 is 0 Å². The zero-order valence-electron chi connectivity index (χ0n) is 10.6. The van der Waals surface area contributed by atoms with Crippen LogP contribution in [0.5, 0.6) is 0 Å². The standard InChI is InChI=1S/C11H18N2O5S/c14-10(15)9-3-1-5-13(9)11(16)12-4-2-7-19(17,18)8-6-12/h9H,1-8H2,(H,14,15)/t9-/m1/s1. The number of amides is 2. The molecule has 2 saturated heterocycles. The third-order valence-corrected chi connectivity index (χ3v) is 5.32. The van der Waals surface area contributed by atoms with Crippen molar-refractivity contribution in [2.45, 2.75) is 25.3 Å². The highest BCUT2D eigenvalue weighted by molar-refractivity contribution is 7.91. The fraction of sp³-hybridized carbons (Fsp3) is 0.818. The zero-order chi connectivity index (χ0) is 14.0. The summed E-state index contributed by atoms with van der Waals surface area (Å²) in [4.78, 5) is 26.1. The lowest BCUT2D eigenvalue weighted by Crippen LogP contribution is -2.48. The first-order valence-corrected chi connectivity index (χ1v) is 8.21. The first kappa shape index (κ1) is 14.1. The van der Waals surface area contributed by atoms with Gasteiger partial charge in [-0.15, -0.1) is 0 Å². The second-order valence-corrected chi connectivity index (χ2v) is 7.27. The van der Waals surface area contributed by atoms with Crippen LogP contribution in [-0.2, 0) is 14.6 Å². The molecule has 2 fully saturated rings. The van der Waals surface area contributed by atoms with E-state index in [1.54, 1.807) is 0 Å². The van der Waals surface area contributed by atoms with Gasteiger partial charge in [-0.25, -0.2) is 18.0 Å². The van der Waals surface area contributed by atoms with Gasteiger partial charge in [0.1, 0.15) is 6.04 Å². The normalized spacial score (nSPS) is 27.1. The minimum absolute atomic E-state index is 0.0374. The van der Waals surface area contributed by atoms with Crippen molar-refractivity contribution in [3.63, 3.8) is 0 Å². The molecule has 0 aromatic heterocycles. The number of urea groups is 1. The Bertz CT molecular complexity index is 475. The number of rotatable bonds is 1. The van der Waals surface area contributed by atoms with Crippen LogP contribution in [0.4, 0.5) is 4.79 Å². The van der Waals surface area contributed by atoms with Gasteiger partial charge in [0.05, 0.1) is 11.5 Å². The predicted octanol–water partition coefficient (Wildman–Crippen LogP) is -0.224. The number of carboxylic acid groups (broad SMARTS) is 1. The average Bonchev–Trinajstić information content (AvgIpc) is 2.74. The number of carbonyl (C=O) groups is 2. The molecule has 2 aliphatic rings. The van der Waals surface area contributed by atoms with Gasteiger partial charge in [0, 0.05) is 19.6 Å². The Morgan fingerprint density at radius 2 is 1.79 bits per heavy atom. The molecule has 2 aliphatic heterocycles. The molecule has 8 heteroatoms. The molecule has 19 heavy (non-hydrogen) atoms. The van der Waals surface area contributed by atoms with Crippen molar-refractivity contribution < 1.29 is 23.1 Å². The number of sulfone groups is 1. The third kappa shape index (κ3) is 3.17. The van der Waals surface area contributed by atoms with Crippen LogP contribution in [0.3, 0.4) is 0 Å². The van der Waals surface area contributed by atoms with Crippen molar-refractivity contribution in [1.82, 2.24) is 9.80 Å². The van der Waals surface area contributed by atoms with Gasteiger partial charge in [-0.05, 0) is 19.3 Å². The predicted molar refractivity (Wildman–Crippen MR) is 67.6 cm³/mol. The number of carboxylic acids is 1. The summed E-state index contributed by atoms with van der Waals surface area (Å²) in [6.07, 6.45) is 1.56. The summed E-state index contributed by atoms with van der Waals surface area (Å²) in [6.45, 7) is 0.962. The Labute approximate surface area is 112 Å². The summed E-state index contributed by atoms with van der Waals surface area (Å²) >= 11 is 0. The molecule has 0 bridgehead atoms. The Morgan fingerprint density at radius 1 is 1.05 bits per heavy atom. The molecule has 0 spiro atoms. The van der Waals surface area contributed by atoms with Crippen LogP contribution in [-0.4, -0.2) is 72.5 Å². The van der Waals surface area contributed by atoms with Gasteiger partial charge in [-0.2, -0.15) is 0 Å². The van der Waals surface area contributed by atoms with Gasteiger partial charge in [0.15, 0.2) is 9.84 Å². The molecule has 0 aromatic carbocycles. The Morgan fingerprint density at radius 3 is 2.47 bits per heavy atom. The molecular formula is C11H18N2O5S. The van der Waals surface area contributed by atoms with E-state index < -0.39 is 21.8 Å². The highest BCUT2D eigenvalue weighted by Crippen LogP contribution is 2.20. The number of hydrogen-bond donors (Lipinski definition) is 1. The lowest BCUT2D eigenvalue weighted by molar-refractivity contribution is -0.141. The summed E-state index contributed by atoms with van der Waals surface area (Å²) < 4.78 is 23.0. The van der Waals surface area contributed by atoms with Crippen molar-refractivity contribution in [1.29, 1.82) is 0 Å². The number of likely N-dealkylation sites (tertiary alicyclic amines) is 1. The van der Waals surface area contributed by atoms with Gasteiger partial charge in [0.2, 0.25) is 0 Å². The minimum Gasteiger partial charge on any atom is -0.480 e. The van der Waals surface area contributed by atoms with E-state index in [2.05, 4.69) is 0 Å². The molecule has 2 rings (SSSR count). The Hall–Kier alpha value is -1.31. The van der Waals surface area contributed by atoms with Crippen LogP contribution in [0.15, 0.2) is 0 Å². The van der Waals surface area contributed by atoms with E-state index in [-0.39, 0.29) is 24.1 Å². The van der Waals surface area contributed by atoms with E-state index >= 15 is 0 Å². The highest BCUT2D eigenvalue weighted by Gasteiger charge is 2.36. The zero-order valence-corrected chi connectivity index (χ0v) is 11.4. The van der Waals surface area contributed by atoms with Gasteiger partial charge in [-0.1, -0.05) is 0 Å². The maximum Gasteiger partial charge on any atom is 0.326 e. The van der Waals surface area contributed by atoms with Crippen LogP contribution in [0.25, 0.3) is 0 Å². The lowest BCUT2D eigenvalue weighted by atomic mass is 10.2. The number of aliphatic carboxylic acids is 1. The fourth-order valence-electron chi connectivity index (χ4n) is 2.56. The highest BCUT2D eigenvalue weighted by atomic mass is 32.2. The first-order valence-electron chi connectivity index (χ1n) is 6.39. The lowest BCUT2D eigenvalue weighted by Gasteiger charge is -2.29. The van der Waals surface area contributed by atoms with Crippen molar-refractivity contribution in [2.75, 3.05) is 31.1 Å². The molecule has 0 saturated carbocycles. The summed E-state index contributed by atoms with van der Waals surface area (Å²) in [7, 11) is -3.07. The van der Waals surface area contributed by atoms with Gasteiger partial charge >= 0.3 is 12.0 Å². The summed E-state index contributed by atoms with van der Waals surface area (Å²) in [5.74, 6) is -0.933. The van der Waals surface area contributed by atoms with Crippen LogP contribution in [0.1, 0.15) is 19.3 Å². The molecule has 2 amide bonds. The van der Waals surface area contributed by atoms with E-state index in [0.717, 1.165) is 0 Å². The first-order chi connectivity index (χ1) is 8.91. The van der Waals surface area contributed by atoms with E-state index in [4.69, 9.17) is 5.11 Å². The minimum atomic E-state index is -3.07. The smallest absolute Gasteiger partial charge is 0.326 e. The molecule has 1 atom stereocenters. The molecule has 2 heterocycles. The molecular weight excluding hydrogens is 272 g/mol. The van der Waals surface area contributed by atoms with Crippen LogP contribution >= 0.6 is 0 Å². The largest absolute Gasteiger partial charge is 0.480 e. The van der Waals surface area contributed by atoms with E-state index in [9.17, 15) is 18.0 Å². The Balaban J connectivity index is 2.05. The summed E-state index contributed by atoms with van der Waals surface area (Å²) in [5, 5.41) is 9.06. The average molecular weight is 290 g/mol. The molecule has 7 nitrogen and oxygen atoms in total. The molecule has 0 radical (unpaired) electrons. The second-order valence-electron chi connectivity index (χ2n) is 4.96. The maximum atomic E-state index is 12.3.